The van der Waals surface area contributed by atoms with Crippen molar-refractivity contribution in [1.82, 2.24) is 4.90 Å². The summed E-state index contributed by atoms with van der Waals surface area (Å²) in [5.41, 5.74) is 6.22. The molecule has 20 heavy (non-hydrogen) atoms. The Hall–Kier alpha value is -1.04. The van der Waals surface area contributed by atoms with Gasteiger partial charge in [-0.1, -0.05) is 35.4 Å². The van der Waals surface area contributed by atoms with Crippen LogP contribution in [0.1, 0.15) is 12.8 Å². The average Bonchev–Trinajstić information content (AvgIpc) is 2.37. The van der Waals surface area contributed by atoms with Gasteiger partial charge < -0.3 is 16.0 Å². The second-order valence-corrected chi connectivity index (χ2v) is 6.10. The van der Waals surface area contributed by atoms with E-state index in [1.807, 2.05) is 0 Å². The van der Waals surface area contributed by atoms with Gasteiger partial charge in [0.25, 0.3) is 0 Å². The minimum atomic E-state index is -0.162. The molecule has 1 saturated heterocycles. The number of halogens is 2. The van der Waals surface area contributed by atoms with Crippen LogP contribution in [0.3, 0.4) is 0 Å². The third kappa shape index (κ3) is 3.98. The van der Waals surface area contributed by atoms with Crippen LogP contribution in [0.25, 0.3) is 0 Å². The van der Waals surface area contributed by atoms with Crippen LogP contribution >= 0.6 is 35.4 Å². The lowest BCUT2D eigenvalue weighted by Crippen LogP contribution is -2.43. The van der Waals surface area contributed by atoms with E-state index < -0.39 is 0 Å². The van der Waals surface area contributed by atoms with Crippen molar-refractivity contribution >= 4 is 52.1 Å². The summed E-state index contributed by atoms with van der Waals surface area (Å²) in [5.74, 6) is 0.231. The zero-order chi connectivity index (χ0) is 14.7. The van der Waals surface area contributed by atoms with Crippen molar-refractivity contribution in [2.45, 2.75) is 12.8 Å². The number of piperidine rings is 1. The quantitative estimate of drug-likeness (QED) is 0.815. The number of likely N-dealkylation sites (tertiary alicyclic amines) is 1. The number of carbonyl (C=O) groups excluding carboxylic acids is 1. The summed E-state index contributed by atoms with van der Waals surface area (Å²) >= 11 is 16.8. The third-order valence-corrected chi connectivity index (χ3v) is 4.07. The van der Waals surface area contributed by atoms with Crippen LogP contribution in [-0.2, 0) is 0 Å². The number of amides is 2. The van der Waals surface area contributed by atoms with Crippen LogP contribution in [0.2, 0.25) is 10.0 Å². The SMILES string of the molecule is NC(=S)C1CCN(C(=O)Nc2cc(Cl)cc(Cl)c2)CC1. The second kappa shape index (κ2) is 6.61. The molecule has 0 unspecified atom stereocenters. The van der Waals surface area contributed by atoms with Crippen molar-refractivity contribution in [2.24, 2.45) is 11.7 Å². The smallest absolute Gasteiger partial charge is 0.321 e. The van der Waals surface area contributed by atoms with Crippen molar-refractivity contribution in [3.05, 3.63) is 28.2 Å². The molecule has 1 aromatic rings. The number of nitrogens with one attached hydrogen (secondary N) is 1. The Morgan fingerprint density at radius 1 is 1.25 bits per heavy atom. The summed E-state index contributed by atoms with van der Waals surface area (Å²) < 4.78 is 0. The predicted octanol–water partition coefficient (Wildman–Crippen LogP) is 3.52. The fourth-order valence-electron chi connectivity index (χ4n) is 2.20. The van der Waals surface area contributed by atoms with Crippen molar-refractivity contribution < 1.29 is 4.79 Å². The fourth-order valence-corrected chi connectivity index (χ4v) is 2.96. The van der Waals surface area contributed by atoms with Crippen LogP contribution in [0, 0.1) is 5.92 Å². The van der Waals surface area contributed by atoms with Crippen molar-refractivity contribution in [3.8, 4) is 0 Å². The summed E-state index contributed by atoms with van der Waals surface area (Å²) in [5, 5.41) is 3.76. The number of nitrogens with zero attached hydrogens (tertiary/aromatic N) is 1. The molecule has 0 atom stereocenters. The van der Waals surface area contributed by atoms with Crippen molar-refractivity contribution in [3.63, 3.8) is 0 Å². The lowest BCUT2D eigenvalue weighted by molar-refractivity contribution is 0.193. The van der Waals surface area contributed by atoms with Crippen LogP contribution in [0.5, 0.6) is 0 Å². The minimum Gasteiger partial charge on any atom is -0.393 e. The molecule has 7 heteroatoms. The second-order valence-electron chi connectivity index (χ2n) is 4.75. The molecule has 0 spiro atoms. The van der Waals surface area contributed by atoms with E-state index in [1.54, 1.807) is 23.1 Å². The lowest BCUT2D eigenvalue weighted by atomic mass is 9.97. The highest BCUT2D eigenvalue weighted by molar-refractivity contribution is 7.80. The van der Waals surface area contributed by atoms with Gasteiger partial charge in [-0.3, -0.25) is 0 Å². The molecule has 2 rings (SSSR count). The minimum absolute atomic E-state index is 0.162. The monoisotopic (exact) mass is 331 g/mol. The molecule has 0 radical (unpaired) electrons. The summed E-state index contributed by atoms with van der Waals surface area (Å²) in [6.45, 7) is 1.28. The molecule has 1 aromatic carbocycles. The Morgan fingerprint density at radius 2 is 1.80 bits per heavy atom. The van der Waals surface area contributed by atoms with E-state index in [4.69, 9.17) is 41.2 Å². The normalized spacial score (nSPS) is 16.0. The first kappa shape index (κ1) is 15.4. The van der Waals surface area contributed by atoms with Crippen LogP contribution in [0.15, 0.2) is 18.2 Å². The number of anilines is 1. The first-order valence-electron chi connectivity index (χ1n) is 6.27. The lowest BCUT2D eigenvalue weighted by Gasteiger charge is -2.31. The highest BCUT2D eigenvalue weighted by Crippen LogP contribution is 2.23. The van der Waals surface area contributed by atoms with Gasteiger partial charge in [-0.05, 0) is 31.0 Å². The number of benzene rings is 1. The zero-order valence-corrected chi connectivity index (χ0v) is 13.1. The molecule has 1 aliphatic heterocycles. The topological polar surface area (TPSA) is 58.4 Å². The Bertz CT molecular complexity index is 510. The molecular weight excluding hydrogens is 317 g/mol. The standard InChI is InChI=1S/C13H15Cl2N3OS/c14-9-5-10(15)7-11(6-9)17-13(19)18-3-1-8(2-4-18)12(16)20/h5-8H,1-4H2,(H2,16,20)(H,17,19). The van der Waals surface area contributed by atoms with Gasteiger partial charge in [0.15, 0.2) is 0 Å². The first-order valence-corrected chi connectivity index (χ1v) is 7.43. The number of hydrogen-bond donors (Lipinski definition) is 2. The van der Waals surface area contributed by atoms with Crippen LogP contribution in [-0.4, -0.2) is 29.0 Å². The van der Waals surface area contributed by atoms with E-state index in [1.165, 1.54) is 0 Å². The van der Waals surface area contributed by atoms with Gasteiger partial charge >= 0.3 is 6.03 Å². The Kier molecular flexibility index (Phi) is 5.07. The molecule has 0 saturated carbocycles. The third-order valence-electron chi connectivity index (χ3n) is 3.30. The number of nitrogens with two attached hydrogens (primary N) is 1. The predicted molar refractivity (Wildman–Crippen MR) is 86.6 cm³/mol. The van der Waals surface area contributed by atoms with E-state index in [0.29, 0.717) is 33.8 Å². The van der Waals surface area contributed by atoms with Gasteiger partial charge in [-0.2, -0.15) is 0 Å². The maximum Gasteiger partial charge on any atom is 0.321 e. The highest BCUT2D eigenvalue weighted by atomic mass is 35.5. The summed E-state index contributed by atoms with van der Waals surface area (Å²) in [6, 6.07) is 4.77. The molecule has 0 bridgehead atoms. The van der Waals surface area contributed by atoms with Crippen LogP contribution < -0.4 is 11.1 Å². The van der Waals surface area contributed by atoms with Gasteiger partial charge in [0.05, 0.1) is 4.99 Å². The number of rotatable bonds is 2. The number of thiocarbonyl (C=S) groups is 1. The summed E-state index contributed by atoms with van der Waals surface area (Å²) in [7, 11) is 0. The Labute approximate surface area is 133 Å². The molecule has 2 amide bonds. The molecule has 0 aromatic heterocycles. The molecule has 0 aliphatic carbocycles. The van der Waals surface area contributed by atoms with E-state index in [2.05, 4.69) is 5.32 Å². The van der Waals surface area contributed by atoms with Crippen LogP contribution in [0.4, 0.5) is 10.5 Å². The summed E-state index contributed by atoms with van der Waals surface area (Å²) in [4.78, 5) is 14.4. The van der Waals surface area contributed by atoms with Crippen molar-refractivity contribution in [1.29, 1.82) is 0 Å². The number of carbonyl (C=O) groups is 1. The fraction of sp³-hybridized carbons (Fsp3) is 0.385. The Balaban J connectivity index is 1.94. The molecule has 4 nitrogen and oxygen atoms in total. The van der Waals surface area contributed by atoms with Gasteiger partial charge in [0, 0.05) is 34.7 Å². The van der Waals surface area contributed by atoms with E-state index >= 15 is 0 Å². The Morgan fingerprint density at radius 3 is 2.30 bits per heavy atom. The molecule has 1 aliphatic rings. The number of urea groups is 1. The molecule has 1 heterocycles. The first-order chi connectivity index (χ1) is 9.45. The van der Waals surface area contributed by atoms with E-state index in [9.17, 15) is 4.79 Å². The van der Waals surface area contributed by atoms with E-state index in [0.717, 1.165) is 12.8 Å². The maximum atomic E-state index is 12.1. The van der Waals surface area contributed by atoms with Gasteiger partial charge in [0.2, 0.25) is 0 Å². The molecular formula is C13H15Cl2N3OS. The van der Waals surface area contributed by atoms with Gasteiger partial charge in [0.1, 0.15) is 0 Å². The largest absolute Gasteiger partial charge is 0.393 e. The maximum absolute atomic E-state index is 12.1. The average molecular weight is 332 g/mol. The molecule has 1 fully saturated rings. The van der Waals surface area contributed by atoms with Gasteiger partial charge in [-0.15, -0.1) is 0 Å². The van der Waals surface area contributed by atoms with Gasteiger partial charge in [-0.25, -0.2) is 4.79 Å². The van der Waals surface area contributed by atoms with E-state index in [-0.39, 0.29) is 11.9 Å². The molecule has 3 N–H and O–H groups in total. The highest BCUT2D eigenvalue weighted by Gasteiger charge is 2.24. The molecule has 108 valence electrons. The number of hydrogen-bond acceptors (Lipinski definition) is 2. The summed E-state index contributed by atoms with van der Waals surface area (Å²) in [6.07, 6.45) is 1.61. The zero-order valence-electron chi connectivity index (χ0n) is 10.7. The van der Waals surface area contributed by atoms with Crippen molar-refractivity contribution in [2.75, 3.05) is 18.4 Å².